The van der Waals surface area contributed by atoms with Crippen molar-refractivity contribution in [1.82, 2.24) is 15.5 Å². The van der Waals surface area contributed by atoms with Crippen molar-refractivity contribution in [2.75, 3.05) is 5.32 Å². The third kappa shape index (κ3) is 4.71. The highest BCUT2D eigenvalue weighted by molar-refractivity contribution is 7.98. The number of thioether (sulfide) groups is 1. The van der Waals surface area contributed by atoms with Crippen molar-refractivity contribution in [2.45, 2.75) is 42.4 Å². The Morgan fingerprint density at radius 3 is 2.81 bits per heavy atom. The average molecular weight is 384 g/mol. The smallest absolute Gasteiger partial charge is 0.319 e. The molecular formula is C19H20N4O3S. The number of amides is 2. The van der Waals surface area contributed by atoms with Crippen LogP contribution in [0.25, 0.3) is 0 Å². The molecule has 2 N–H and O–H groups in total. The number of furan rings is 1. The molecule has 4 rings (SSSR count). The van der Waals surface area contributed by atoms with Gasteiger partial charge >= 0.3 is 6.03 Å². The number of nitrogens with zero attached hydrogens (tertiary/aromatic N) is 2. The van der Waals surface area contributed by atoms with E-state index in [1.54, 1.807) is 18.0 Å². The zero-order valence-electron chi connectivity index (χ0n) is 14.8. The summed E-state index contributed by atoms with van der Waals surface area (Å²) >= 11 is 1.67. The van der Waals surface area contributed by atoms with Gasteiger partial charge in [0.15, 0.2) is 5.82 Å². The summed E-state index contributed by atoms with van der Waals surface area (Å²) in [5, 5.41) is 9.59. The average Bonchev–Trinajstić information content (AvgIpc) is 3.18. The molecule has 1 aliphatic rings. The minimum absolute atomic E-state index is 0.315. The minimum Gasteiger partial charge on any atom is -0.468 e. The third-order valence-electron chi connectivity index (χ3n) is 4.19. The van der Waals surface area contributed by atoms with E-state index in [1.165, 1.54) is 0 Å². The van der Waals surface area contributed by atoms with E-state index in [1.807, 2.05) is 43.3 Å². The molecule has 0 aliphatic heterocycles. The highest BCUT2D eigenvalue weighted by atomic mass is 32.2. The van der Waals surface area contributed by atoms with Gasteiger partial charge in [0.25, 0.3) is 0 Å². The molecule has 7 nitrogen and oxygen atoms in total. The molecule has 1 aromatic carbocycles. The highest BCUT2D eigenvalue weighted by Crippen LogP contribution is 2.38. The molecule has 2 heterocycles. The zero-order chi connectivity index (χ0) is 18.6. The SMILES string of the molecule is CC(NC(=O)Nc1ccc(SCc2ccco2)cc1)c1nc(C2CC2)no1. The summed E-state index contributed by atoms with van der Waals surface area (Å²) < 4.78 is 10.6. The van der Waals surface area contributed by atoms with Crippen LogP contribution in [0.3, 0.4) is 0 Å². The molecular weight excluding hydrogens is 364 g/mol. The minimum atomic E-state index is -0.354. The number of anilines is 1. The summed E-state index contributed by atoms with van der Waals surface area (Å²) in [6, 6.07) is 10.8. The predicted molar refractivity (Wildman–Crippen MR) is 102 cm³/mol. The van der Waals surface area contributed by atoms with E-state index in [4.69, 9.17) is 8.94 Å². The van der Waals surface area contributed by atoms with Crippen LogP contribution in [0.1, 0.15) is 49.2 Å². The Morgan fingerprint density at radius 1 is 1.30 bits per heavy atom. The first-order valence-electron chi connectivity index (χ1n) is 8.83. The van der Waals surface area contributed by atoms with Gasteiger partial charge in [-0.05, 0) is 56.2 Å². The van der Waals surface area contributed by atoms with Crippen LogP contribution in [-0.4, -0.2) is 16.2 Å². The lowest BCUT2D eigenvalue weighted by molar-refractivity contribution is 0.245. The van der Waals surface area contributed by atoms with Crippen LogP contribution >= 0.6 is 11.8 Å². The monoisotopic (exact) mass is 384 g/mol. The fourth-order valence-electron chi connectivity index (χ4n) is 2.54. The highest BCUT2D eigenvalue weighted by Gasteiger charge is 2.29. The summed E-state index contributed by atoms with van der Waals surface area (Å²) in [4.78, 5) is 17.6. The van der Waals surface area contributed by atoms with Gasteiger partial charge in [0.1, 0.15) is 11.8 Å². The number of aromatic nitrogens is 2. The Bertz CT molecular complexity index is 888. The first-order chi connectivity index (χ1) is 13.2. The molecule has 0 radical (unpaired) electrons. The van der Waals surface area contributed by atoms with Crippen molar-refractivity contribution < 1.29 is 13.7 Å². The Kier molecular flexibility index (Phi) is 5.15. The molecule has 3 aromatic rings. The van der Waals surface area contributed by atoms with Gasteiger partial charge in [-0.25, -0.2) is 4.79 Å². The molecule has 2 amide bonds. The first-order valence-corrected chi connectivity index (χ1v) is 9.82. The van der Waals surface area contributed by atoms with Gasteiger partial charge in [-0.1, -0.05) is 5.16 Å². The van der Waals surface area contributed by atoms with Crippen molar-refractivity contribution >= 4 is 23.5 Å². The summed E-state index contributed by atoms with van der Waals surface area (Å²) in [5.41, 5.74) is 0.714. The van der Waals surface area contributed by atoms with Crippen LogP contribution in [0.4, 0.5) is 10.5 Å². The maximum absolute atomic E-state index is 12.2. The Balaban J connectivity index is 1.26. The van der Waals surface area contributed by atoms with Crippen molar-refractivity contribution in [3.63, 3.8) is 0 Å². The Labute approximate surface area is 160 Å². The van der Waals surface area contributed by atoms with Crippen molar-refractivity contribution in [1.29, 1.82) is 0 Å². The topological polar surface area (TPSA) is 93.2 Å². The number of urea groups is 1. The molecule has 140 valence electrons. The van der Waals surface area contributed by atoms with E-state index in [2.05, 4.69) is 20.8 Å². The summed E-state index contributed by atoms with van der Waals surface area (Å²) in [7, 11) is 0. The second kappa shape index (κ2) is 7.87. The van der Waals surface area contributed by atoms with E-state index < -0.39 is 0 Å². The summed E-state index contributed by atoms with van der Waals surface area (Å²) in [6.07, 6.45) is 3.89. The quantitative estimate of drug-likeness (QED) is 0.573. The predicted octanol–water partition coefficient (Wildman–Crippen LogP) is 4.72. The fourth-order valence-corrected chi connectivity index (χ4v) is 3.34. The van der Waals surface area contributed by atoms with Crippen molar-refractivity contribution in [3.05, 3.63) is 60.1 Å². The second-order valence-corrected chi connectivity index (χ2v) is 7.53. The molecule has 8 heteroatoms. The van der Waals surface area contributed by atoms with Crippen LogP contribution in [0.15, 0.2) is 56.5 Å². The summed E-state index contributed by atoms with van der Waals surface area (Å²) in [5.74, 6) is 3.29. The molecule has 27 heavy (non-hydrogen) atoms. The summed E-state index contributed by atoms with van der Waals surface area (Å²) in [6.45, 7) is 1.82. The Hall–Kier alpha value is -2.74. The van der Waals surface area contributed by atoms with Gasteiger partial charge in [-0.15, -0.1) is 11.8 Å². The van der Waals surface area contributed by atoms with E-state index in [-0.39, 0.29) is 12.1 Å². The number of hydrogen-bond donors (Lipinski definition) is 2. The lowest BCUT2D eigenvalue weighted by Gasteiger charge is -2.11. The molecule has 0 bridgehead atoms. The number of nitrogens with one attached hydrogen (secondary N) is 2. The van der Waals surface area contributed by atoms with E-state index in [0.29, 0.717) is 17.5 Å². The zero-order valence-corrected chi connectivity index (χ0v) is 15.7. The van der Waals surface area contributed by atoms with Gasteiger partial charge < -0.3 is 19.6 Å². The van der Waals surface area contributed by atoms with Crippen LogP contribution in [-0.2, 0) is 5.75 Å². The molecule has 0 saturated heterocycles. The number of carbonyl (C=O) groups excluding carboxylic acids is 1. The van der Waals surface area contributed by atoms with Crippen LogP contribution in [0, 0.1) is 0 Å². The number of hydrogen-bond acceptors (Lipinski definition) is 6. The van der Waals surface area contributed by atoms with Crippen LogP contribution in [0.2, 0.25) is 0 Å². The second-order valence-electron chi connectivity index (χ2n) is 6.48. The molecule has 2 aromatic heterocycles. The van der Waals surface area contributed by atoms with E-state index in [0.717, 1.165) is 35.1 Å². The fraction of sp³-hybridized carbons (Fsp3) is 0.316. The largest absolute Gasteiger partial charge is 0.468 e. The van der Waals surface area contributed by atoms with Crippen LogP contribution in [0.5, 0.6) is 0 Å². The van der Waals surface area contributed by atoms with Gasteiger partial charge in [0.2, 0.25) is 5.89 Å². The number of carbonyl (C=O) groups is 1. The van der Waals surface area contributed by atoms with Crippen molar-refractivity contribution in [3.8, 4) is 0 Å². The van der Waals surface area contributed by atoms with Gasteiger partial charge in [-0.3, -0.25) is 0 Å². The van der Waals surface area contributed by atoms with Crippen LogP contribution < -0.4 is 10.6 Å². The number of benzene rings is 1. The molecule has 1 saturated carbocycles. The molecule has 0 spiro atoms. The van der Waals surface area contributed by atoms with E-state index >= 15 is 0 Å². The van der Waals surface area contributed by atoms with Gasteiger partial charge in [-0.2, -0.15) is 4.98 Å². The molecule has 1 fully saturated rings. The molecule has 1 aliphatic carbocycles. The number of rotatable bonds is 7. The maximum Gasteiger partial charge on any atom is 0.319 e. The molecule has 1 unspecified atom stereocenters. The van der Waals surface area contributed by atoms with E-state index in [9.17, 15) is 4.79 Å². The maximum atomic E-state index is 12.2. The van der Waals surface area contributed by atoms with Gasteiger partial charge in [0, 0.05) is 16.5 Å². The lowest BCUT2D eigenvalue weighted by Crippen LogP contribution is -2.31. The normalized spacial score (nSPS) is 14.7. The molecule has 1 atom stereocenters. The standard InChI is InChI=1S/C19H20N4O3S/c1-12(18-22-17(23-26-18)13-4-5-13)20-19(24)21-14-6-8-16(9-7-14)27-11-15-3-2-10-25-15/h2-3,6-10,12-13H,4-5,11H2,1H3,(H2,20,21,24). The first kappa shape index (κ1) is 17.7. The van der Waals surface area contributed by atoms with Crippen molar-refractivity contribution in [2.24, 2.45) is 0 Å². The Morgan fingerprint density at radius 2 is 2.11 bits per heavy atom. The third-order valence-corrected chi connectivity index (χ3v) is 5.23. The lowest BCUT2D eigenvalue weighted by atomic mass is 10.3. The van der Waals surface area contributed by atoms with Gasteiger partial charge in [0.05, 0.1) is 12.0 Å².